The highest BCUT2D eigenvalue weighted by atomic mass is 16.5. The van der Waals surface area contributed by atoms with Gasteiger partial charge in [-0.25, -0.2) is 9.78 Å². The molecule has 1 unspecified atom stereocenters. The van der Waals surface area contributed by atoms with Crippen molar-refractivity contribution in [2.75, 3.05) is 23.1 Å². The number of fused-ring (bicyclic) bond motifs is 2. The van der Waals surface area contributed by atoms with Crippen molar-refractivity contribution in [2.45, 2.75) is 38.7 Å². The van der Waals surface area contributed by atoms with Crippen LogP contribution < -0.4 is 25.4 Å². The minimum Gasteiger partial charge on any atom is -0.495 e. The molecule has 0 radical (unpaired) electrons. The fourth-order valence-corrected chi connectivity index (χ4v) is 5.24. The number of methoxy groups -OCH3 is 1. The van der Waals surface area contributed by atoms with Crippen LogP contribution in [-0.2, 0) is 16.6 Å². The molecule has 3 amide bonds. The van der Waals surface area contributed by atoms with Crippen molar-refractivity contribution in [3.05, 3.63) is 103 Å². The molecule has 2 aromatic heterocycles. The van der Waals surface area contributed by atoms with Gasteiger partial charge in [-0.2, -0.15) is 0 Å². The Balaban J connectivity index is 1.25. The van der Waals surface area contributed by atoms with E-state index in [1.165, 1.54) is 0 Å². The fraction of sp³-hybridized carbons (Fsp3) is 0.200. The standard InChI is InChI=1S/C35H33N5O4/c1-35(2,3)22-12-15-30(43-4)28(18-22)40-34(42)39-27-14-13-24(25-10-5-6-11-26(25)27)21-17-29-33(37-20-21)44-31(32(41)38-29)19-23-9-7-8-16-36-23/h5-18,20,31H,19H2,1-4H3,(H,38,41)(H2,39,40,42). The molecular weight excluding hydrogens is 554 g/mol. The number of nitrogens with one attached hydrogen (secondary N) is 3. The van der Waals surface area contributed by atoms with Gasteiger partial charge in [0.2, 0.25) is 5.88 Å². The average Bonchev–Trinajstić information content (AvgIpc) is 3.01. The maximum atomic E-state index is 13.2. The van der Waals surface area contributed by atoms with Crippen LogP contribution in [0.3, 0.4) is 0 Å². The number of rotatable bonds is 6. The third-order valence-corrected chi connectivity index (χ3v) is 7.57. The van der Waals surface area contributed by atoms with Gasteiger partial charge < -0.3 is 25.4 Å². The first kappa shape index (κ1) is 28.7. The SMILES string of the molecule is COc1ccc(C(C)(C)C)cc1NC(=O)Nc1ccc(-c2cnc3c(c2)NC(=O)C(Cc2ccccn2)O3)c2ccccc12. The minimum absolute atomic E-state index is 0.0902. The lowest BCUT2D eigenvalue weighted by Gasteiger charge is -2.25. The molecule has 0 saturated heterocycles. The second-order valence-electron chi connectivity index (χ2n) is 11.6. The number of amides is 3. The molecule has 3 N–H and O–H groups in total. The van der Waals surface area contributed by atoms with Crippen LogP contribution in [0.4, 0.5) is 21.9 Å². The molecule has 0 fully saturated rings. The number of anilines is 3. The molecule has 3 heterocycles. The summed E-state index contributed by atoms with van der Waals surface area (Å²) >= 11 is 0. The van der Waals surface area contributed by atoms with Gasteiger partial charge >= 0.3 is 6.03 Å². The minimum atomic E-state index is -0.719. The molecular formula is C35H33N5O4. The number of pyridine rings is 2. The summed E-state index contributed by atoms with van der Waals surface area (Å²) in [6, 6.07) is 24.4. The number of ether oxygens (including phenoxy) is 2. The molecule has 3 aromatic carbocycles. The van der Waals surface area contributed by atoms with Gasteiger partial charge in [-0.05, 0) is 58.3 Å². The molecule has 0 bridgehead atoms. The number of nitrogens with zero attached hydrogens (tertiary/aromatic N) is 2. The van der Waals surface area contributed by atoms with Crippen LogP contribution in [0, 0.1) is 0 Å². The molecule has 5 aromatic rings. The first-order valence-electron chi connectivity index (χ1n) is 14.4. The third kappa shape index (κ3) is 5.89. The second kappa shape index (κ2) is 11.7. The zero-order chi connectivity index (χ0) is 30.8. The third-order valence-electron chi connectivity index (χ3n) is 7.57. The number of carbonyl (C=O) groups is 2. The number of carbonyl (C=O) groups excluding carboxylic acids is 2. The summed E-state index contributed by atoms with van der Waals surface area (Å²) in [6.45, 7) is 6.35. The second-order valence-corrected chi connectivity index (χ2v) is 11.6. The van der Waals surface area contributed by atoms with Crippen molar-refractivity contribution in [3.63, 3.8) is 0 Å². The molecule has 9 nitrogen and oxygen atoms in total. The number of urea groups is 1. The van der Waals surface area contributed by atoms with Crippen LogP contribution in [0.15, 0.2) is 91.3 Å². The van der Waals surface area contributed by atoms with Crippen molar-refractivity contribution >= 4 is 39.8 Å². The molecule has 0 saturated carbocycles. The van der Waals surface area contributed by atoms with E-state index in [2.05, 4.69) is 46.7 Å². The number of aromatic nitrogens is 2. The number of hydrogen-bond donors (Lipinski definition) is 3. The van der Waals surface area contributed by atoms with Crippen LogP contribution in [0.1, 0.15) is 32.0 Å². The first-order chi connectivity index (χ1) is 21.2. The van der Waals surface area contributed by atoms with Crippen molar-refractivity contribution in [1.29, 1.82) is 0 Å². The highest BCUT2D eigenvalue weighted by Gasteiger charge is 2.29. The molecule has 9 heteroatoms. The normalized spacial score (nSPS) is 14.3. The van der Waals surface area contributed by atoms with Crippen LogP contribution in [0.2, 0.25) is 0 Å². The van der Waals surface area contributed by atoms with E-state index in [9.17, 15) is 9.59 Å². The average molecular weight is 588 g/mol. The molecule has 0 spiro atoms. The zero-order valence-corrected chi connectivity index (χ0v) is 25.0. The van der Waals surface area contributed by atoms with Gasteiger partial charge in [0.15, 0.2) is 6.10 Å². The molecule has 222 valence electrons. The van der Waals surface area contributed by atoms with Gasteiger partial charge in [-0.1, -0.05) is 63.2 Å². The van der Waals surface area contributed by atoms with Crippen LogP contribution in [0.5, 0.6) is 11.6 Å². The summed E-state index contributed by atoms with van der Waals surface area (Å²) in [5, 5.41) is 10.7. The summed E-state index contributed by atoms with van der Waals surface area (Å²) in [7, 11) is 1.58. The Labute approximate surface area is 255 Å². The molecule has 6 rings (SSSR count). The molecule has 1 aliphatic rings. The predicted octanol–water partition coefficient (Wildman–Crippen LogP) is 7.19. The fourth-order valence-electron chi connectivity index (χ4n) is 5.24. The van der Waals surface area contributed by atoms with Crippen LogP contribution in [-0.4, -0.2) is 35.1 Å². The van der Waals surface area contributed by atoms with Crippen LogP contribution >= 0.6 is 0 Å². The van der Waals surface area contributed by atoms with E-state index in [1.54, 1.807) is 19.5 Å². The molecule has 1 atom stereocenters. The largest absolute Gasteiger partial charge is 0.495 e. The lowest BCUT2D eigenvalue weighted by molar-refractivity contribution is -0.123. The number of benzene rings is 3. The summed E-state index contributed by atoms with van der Waals surface area (Å²) in [5.74, 6) is 0.689. The monoisotopic (exact) mass is 587 g/mol. The summed E-state index contributed by atoms with van der Waals surface area (Å²) < 4.78 is 11.4. The van der Waals surface area contributed by atoms with E-state index in [-0.39, 0.29) is 17.4 Å². The van der Waals surface area contributed by atoms with Gasteiger partial charge in [0.1, 0.15) is 11.4 Å². The summed E-state index contributed by atoms with van der Waals surface area (Å²) in [6.07, 6.45) is 3.04. The maximum absolute atomic E-state index is 13.2. The Morgan fingerprint density at radius 2 is 1.70 bits per heavy atom. The Hall–Kier alpha value is -5.44. The smallest absolute Gasteiger partial charge is 0.323 e. The highest BCUT2D eigenvalue weighted by Crippen LogP contribution is 2.38. The topological polar surface area (TPSA) is 114 Å². The van der Waals surface area contributed by atoms with E-state index in [0.717, 1.165) is 33.2 Å². The Morgan fingerprint density at radius 3 is 2.45 bits per heavy atom. The van der Waals surface area contributed by atoms with Crippen LogP contribution in [0.25, 0.3) is 21.9 Å². The quantitative estimate of drug-likeness (QED) is 0.194. The summed E-state index contributed by atoms with van der Waals surface area (Å²) in [4.78, 5) is 34.9. The van der Waals surface area contributed by atoms with Gasteiger partial charge in [0.05, 0.1) is 18.5 Å². The van der Waals surface area contributed by atoms with Crippen molar-refractivity contribution in [3.8, 4) is 22.8 Å². The molecule has 1 aliphatic heterocycles. The van der Waals surface area contributed by atoms with Crippen molar-refractivity contribution < 1.29 is 19.1 Å². The zero-order valence-electron chi connectivity index (χ0n) is 25.0. The summed E-state index contributed by atoms with van der Waals surface area (Å²) in [5.41, 5.74) is 5.18. The van der Waals surface area contributed by atoms with Gasteiger partial charge in [-0.15, -0.1) is 0 Å². The van der Waals surface area contributed by atoms with E-state index >= 15 is 0 Å². The first-order valence-corrected chi connectivity index (χ1v) is 14.4. The van der Waals surface area contributed by atoms with E-state index in [4.69, 9.17) is 9.47 Å². The highest BCUT2D eigenvalue weighted by molar-refractivity contribution is 6.10. The van der Waals surface area contributed by atoms with Gasteiger partial charge in [0, 0.05) is 35.5 Å². The van der Waals surface area contributed by atoms with E-state index < -0.39 is 6.10 Å². The van der Waals surface area contributed by atoms with E-state index in [0.29, 0.717) is 35.1 Å². The maximum Gasteiger partial charge on any atom is 0.323 e. The Morgan fingerprint density at radius 1 is 0.932 bits per heavy atom. The molecule has 44 heavy (non-hydrogen) atoms. The predicted molar refractivity (Wildman–Crippen MR) is 173 cm³/mol. The Bertz CT molecular complexity index is 1870. The molecule has 0 aliphatic carbocycles. The lowest BCUT2D eigenvalue weighted by atomic mass is 9.87. The Kier molecular flexibility index (Phi) is 7.61. The number of hydrogen-bond acceptors (Lipinski definition) is 6. The van der Waals surface area contributed by atoms with Crippen molar-refractivity contribution in [2.24, 2.45) is 0 Å². The van der Waals surface area contributed by atoms with E-state index in [1.807, 2.05) is 78.9 Å². The van der Waals surface area contributed by atoms with Gasteiger partial charge in [0.25, 0.3) is 5.91 Å². The van der Waals surface area contributed by atoms with Crippen molar-refractivity contribution in [1.82, 2.24) is 9.97 Å². The van der Waals surface area contributed by atoms with Gasteiger partial charge in [-0.3, -0.25) is 9.78 Å². The lowest BCUT2D eigenvalue weighted by Crippen LogP contribution is -2.39.